The number of anilines is 1. The third-order valence-corrected chi connectivity index (χ3v) is 5.05. The highest BCUT2D eigenvalue weighted by Gasteiger charge is 2.23. The molecule has 1 atom stereocenters. The molecule has 0 unspecified atom stereocenters. The third kappa shape index (κ3) is 3.91. The first-order valence-electron chi connectivity index (χ1n) is 8.29. The summed E-state index contributed by atoms with van der Waals surface area (Å²) in [6.45, 7) is 0. The number of aromatic nitrogens is 2. The van der Waals surface area contributed by atoms with Crippen molar-refractivity contribution in [2.45, 2.75) is 30.1 Å². The molecule has 6 heteroatoms. The molecular weight excluding hydrogens is 337 g/mol. The van der Waals surface area contributed by atoms with E-state index in [0.717, 1.165) is 16.7 Å². The first-order chi connectivity index (χ1) is 12.2. The van der Waals surface area contributed by atoms with Gasteiger partial charge in [0.2, 0.25) is 0 Å². The van der Waals surface area contributed by atoms with Crippen LogP contribution in [0.3, 0.4) is 0 Å². The summed E-state index contributed by atoms with van der Waals surface area (Å²) in [4.78, 5) is 9.21. The summed E-state index contributed by atoms with van der Waals surface area (Å²) in [5, 5.41) is 15.4. The second kappa shape index (κ2) is 6.98. The number of hydrogen-bond donors (Lipinski definition) is 2. The van der Waals surface area contributed by atoms with Crippen LogP contribution in [0.2, 0.25) is 0 Å². The molecule has 1 fully saturated rings. The minimum Gasteiger partial charge on any atom is -0.388 e. The Bertz CT molecular complexity index is 883. The van der Waals surface area contributed by atoms with Crippen LogP contribution in [0.25, 0.3) is 10.9 Å². The highest BCUT2D eigenvalue weighted by Crippen LogP contribution is 2.30. The molecule has 1 aliphatic rings. The first-order valence-corrected chi connectivity index (χ1v) is 9.27. The van der Waals surface area contributed by atoms with E-state index in [4.69, 9.17) is 0 Å². The van der Waals surface area contributed by atoms with Gasteiger partial charge in [-0.05, 0) is 42.7 Å². The molecule has 4 nitrogen and oxygen atoms in total. The van der Waals surface area contributed by atoms with Crippen LogP contribution in [-0.4, -0.2) is 26.9 Å². The Kier molecular flexibility index (Phi) is 4.55. The van der Waals surface area contributed by atoms with Crippen molar-refractivity contribution in [3.63, 3.8) is 0 Å². The van der Waals surface area contributed by atoms with Gasteiger partial charge in [0, 0.05) is 17.2 Å². The summed E-state index contributed by atoms with van der Waals surface area (Å²) in [6, 6.07) is 14.3. The molecule has 0 bridgehead atoms. The topological polar surface area (TPSA) is 58.0 Å². The zero-order chi connectivity index (χ0) is 17.2. The van der Waals surface area contributed by atoms with E-state index >= 15 is 0 Å². The van der Waals surface area contributed by atoms with Gasteiger partial charge in [0.15, 0.2) is 5.16 Å². The minimum atomic E-state index is -0.694. The molecule has 0 amide bonds. The van der Waals surface area contributed by atoms with Crippen molar-refractivity contribution >= 4 is 28.5 Å². The molecule has 4 rings (SSSR count). The van der Waals surface area contributed by atoms with E-state index in [9.17, 15) is 9.50 Å². The maximum absolute atomic E-state index is 13.0. The monoisotopic (exact) mass is 355 g/mol. The number of aliphatic hydroxyl groups excluding tert-OH is 1. The number of rotatable bonds is 6. The lowest BCUT2D eigenvalue weighted by atomic mass is 10.1. The Balaban J connectivity index is 1.53. The van der Waals surface area contributed by atoms with Gasteiger partial charge in [-0.2, -0.15) is 0 Å². The number of para-hydroxylation sites is 1. The van der Waals surface area contributed by atoms with Crippen LogP contribution in [0.1, 0.15) is 24.5 Å². The maximum Gasteiger partial charge on any atom is 0.190 e. The van der Waals surface area contributed by atoms with Gasteiger partial charge < -0.3 is 10.4 Å². The van der Waals surface area contributed by atoms with E-state index in [1.165, 1.54) is 36.7 Å². The molecule has 1 saturated carbocycles. The summed E-state index contributed by atoms with van der Waals surface area (Å²) >= 11 is 1.40. The zero-order valence-corrected chi connectivity index (χ0v) is 14.3. The SMILES string of the molecule is O[C@H](CSc1nc(NC2CC2)c2ccccc2n1)c1ccc(F)cc1. The van der Waals surface area contributed by atoms with Crippen molar-refractivity contribution in [3.05, 3.63) is 59.9 Å². The molecule has 0 spiro atoms. The van der Waals surface area contributed by atoms with Gasteiger partial charge >= 0.3 is 0 Å². The average molecular weight is 355 g/mol. The second-order valence-electron chi connectivity index (χ2n) is 6.17. The lowest BCUT2D eigenvalue weighted by molar-refractivity contribution is 0.204. The van der Waals surface area contributed by atoms with Crippen LogP contribution < -0.4 is 5.32 Å². The summed E-state index contributed by atoms with van der Waals surface area (Å²) in [6.07, 6.45) is 1.65. The Labute approximate surface area is 149 Å². The van der Waals surface area contributed by atoms with Crippen LogP contribution >= 0.6 is 11.8 Å². The molecule has 25 heavy (non-hydrogen) atoms. The van der Waals surface area contributed by atoms with Crippen LogP contribution in [0.4, 0.5) is 10.2 Å². The Hall–Kier alpha value is -2.18. The van der Waals surface area contributed by atoms with Crippen molar-refractivity contribution in [1.82, 2.24) is 9.97 Å². The van der Waals surface area contributed by atoms with Crippen LogP contribution in [0, 0.1) is 5.82 Å². The third-order valence-electron chi connectivity index (χ3n) is 4.13. The molecule has 0 radical (unpaired) electrons. The smallest absolute Gasteiger partial charge is 0.190 e. The molecule has 1 aromatic heterocycles. The van der Waals surface area contributed by atoms with Crippen molar-refractivity contribution in [2.75, 3.05) is 11.1 Å². The van der Waals surface area contributed by atoms with E-state index in [2.05, 4.69) is 15.3 Å². The van der Waals surface area contributed by atoms with Gasteiger partial charge in [0.05, 0.1) is 11.6 Å². The number of halogens is 1. The van der Waals surface area contributed by atoms with Crippen molar-refractivity contribution in [3.8, 4) is 0 Å². The lowest BCUT2D eigenvalue weighted by Gasteiger charge is -2.12. The van der Waals surface area contributed by atoms with Gasteiger partial charge in [-0.15, -0.1) is 0 Å². The zero-order valence-electron chi connectivity index (χ0n) is 13.5. The number of aliphatic hydroxyl groups is 1. The normalized spacial score (nSPS) is 15.3. The van der Waals surface area contributed by atoms with Crippen molar-refractivity contribution in [2.24, 2.45) is 0 Å². The number of nitrogens with one attached hydrogen (secondary N) is 1. The number of thioether (sulfide) groups is 1. The van der Waals surface area contributed by atoms with Crippen LogP contribution in [0.15, 0.2) is 53.7 Å². The molecular formula is C19H18FN3OS. The number of hydrogen-bond acceptors (Lipinski definition) is 5. The van der Waals surface area contributed by atoms with E-state index < -0.39 is 6.10 Å². The summed E-state index contributed by atoms with van der Waals surface area (Å²) in [5.74, 6) is 0.955. The lowest BCUT2D eigenvalue weighted by Crippen LogP contribution is -2.06. The second-order valence-corrected chi connectivity index (χ2v) is 7.16. The van der Waals surface area contributed by atoms with E-state index in [-0.39, 0.29) is 5.82 Å². The van der Waals surface area contributed by atoms with E-state index in [1.807, 2.05) is 24.3 Å². The largest absolute Gasteiger partial charge is 0.388 e. The van der Waals surface area contributed by atoms with E-state index in [0.29, 0.717) is 22.5 Å². The molecule has 0 saturated heterocycles. The molecule has 2 N–H and O–H groups in total. The molecule has 128 valence electrons. The van der Waals surface area contributed by atoms with Crippen LogP contribution in [-0.2, 0) is 0 Å². The number of benzene rings is 2. The summed E-state index contributed by atoms with van der Waals surface area (Å²) < 4.78 is 13.0. The maximum atomic E-state index is 13.0. The Morgan fingerprint density at radius 1 is 1.12 bits per heavy atom. The van der Waals surface area contributed by atoms with Gasteiger partial charge in [0.1, 0.15) is 11.6 Å². The molecule has 1 aliphatic carbocycles. The van der Waals surface area contributed by atoms with Gasteiger partial charge in [0.25, 0.3) is 0 Å². The van der Waals surface area contributed by atoms with Gasteiger partial charge in [-0.25, -0.2) is 14.4 Å². The molecule has 0 aliphatic heterocycles. The highest BCUT2D eigenvalue weighted by atomic mass is 32.2. The molecule has 2 aromatic carbocycles. The predicted octanol–water partition coefficient (Wildman–Crippen LogP) is 4.17. The quantitative estimate of drug-likeness (QED) is 0.513. The Morgan fingerprint density at radius 3 is 2.64 bits per heavy atom. The first kappa shape index (κ1) is 16.3. The highest BCUT2D eigenvalue weighted by molar-refractivity contribution is 7.99. The number of nitrogens with zero attached hydrogens (tertiary/aromatic N) is 2. The molecule has 1 heterocycles. The fourth-order valence-corrected chi connectivity index (χ4v) is 3.40. The van der Waals surface area contributed by atoms with Crippen LogP contribution in [0.5, 0.6) is 0 Å². The summed E-state index contributed by atoms with van der Waals surface area (Å²) in [5.41, 5.74) is 1.57. The van der Waals surface area contributed by atoms with Crippen molar-refractivity contribution in [1.29, 1.82) is 0 Å². The van der Waals surface area contributed by atoms with Crippen molar-refractivity contribution < 1.29 is 9.50 Å². The standard InChI is InChI=1S/C19H18FN3OS/c20-13-7-5-12(6-8-13)17(24)11-25-19-22-16-4-2-1-3-15(16)18(23-19)21-14-9-10-14/h1-8,14,17,24H,9-11H2,(H,21,22,23)/t17-/m1/s1. The molecule has 3 aromatic rings. The fourth-order valence-electron chi connectivity index (χ4n) is 2.59. The predicted molar refractivity (Wildman–Crippen MR) is 98.3 cm³/mol. The fraction of sp³-hybridized carbons (Fsp3) is 0.263. The average Bonchev–Trinajstić information content (AvgIpc) is 3.44. The van der Waals surface area contributed by atoms with E-state index in [1.54, 1.807) is 12.1 Å². The van der Waals surface area contributed by atoms with Gasteiger partial charge in [-0.1, -0.05) is 36.0 Å². The number of fused-ring (bicyclic) bond motifs is 1. The minimum absolute atomic E-state index is 0.308. The summed E-state index contributed by atoms with van der Waals surface area (Å²) in [7, 11) is 0. The Morgan fingerprint density at radius 2 is 1.88 bits per heavy atom. The van der Waals surface area contributed by atoms with Gasteiger partial charge in [-0.3, -0.25) is 0 Å².